The molecule has 1 heterocycles. The van der Waals surface area contributed by atoms with Crippen molar-refractivity contribution in [1.29, 1.82) is 0 Å². The lowest BCUT2D eigenvalue weighted by molar-refractivity contribution is -0.182. The Morgan fingerprint density at radius 1 is 1.64 bits per heavy atom. The summed E-state index contributed by atoms with van der Waals surface area (Å²) in [7, 11) is 0. The third kappa shape index (κ3) is 1.53. The van der Waals surface area contributed by atoms with Crippen LogP contribution < -0.4 is 0 Å². The molecule has 0 aromatic rings. The first-order chi connectivity index (χ1) is 5.07. The maximum absolute atomic E-state index is 10.8. The molecule has 0 aromatic heterocycles. The molecule has 0 spiro atoms. The van der Waals surface area contributed by atoms with Crippen LogP contribution in [0.1, 0.15) is 20.3 Å². The summed E-state index contributed by atoms with van der Waals surface area (Å²) in [6, 6.07) is 0. The fraction of sp³-hybridized carbons (Fsp3) is 0.875. The first-order valence-electron chi connectivity index (χ1n) is 3.88. The Labute approximate surface area is 66.4 Å². The number of hydrogen-bond acceptors (Lipinski definition) is 2. The van der Waals surface area contributed by atoms with Crippen LogP contribution in [-0.2, 0) is 9.53 Å². The molecule has 1 aliphatic rings. The smallest absolute Gasteiger partial charge is 0.314 e. The summed E-state index contributed by atoms with van der Waals surface area (Å²) in [5, 5.41) is 8.85. The van der Waals surface area contributed by atoms with E-state index in [0.717, 1.165) is 6.42 Å². The molecule has 0 saturated carbocycles. The molecule has 3 heteroatoms. The van der Waals surface area contributed by atoms with Crippen LogP contribution in [0, 0.1) is 11.3 Å². The highest BCUT2D eigenvalue weighted by Gasteiger charge is 2.46. The molecular formula is C8H14O3. The van der Waals surface area contributed by atoms with Gasteiger partial charge in [0.05, 0.1) is 13.2 Å². The number of carboxylic acids is 1. The summed E-state index contributed by atoms with van der Waals surface area (Å²) in [4.78, 5) is 10.8. The minimum atomic E-state index is -0.711. The topological polar surface area (TPSA) is 46.5 Å². The lowest BCUT2D eigenvalue weighted by Gasteiger charge is -2.38. The van der Waals surface area contributed by atoms with E-state index in [1.54, 1.807) is 0 Å². The Morgan fingerprint density at radius 2 is 2.18 bits per heavy atom. The van der Waals surface area contributed by atoms with Crippen molar-refractivity contribution in [3.05, 3.63) is 0 Å². The largest absolute Gasteiger partial charge is 0.481 e. The number of aliphatic carboxylic acids is 1. The van der Waals surface area contributed by atoms with Gasteiger partial charge < -0.3 is 9.84 Å². The summed E-state index contributed by atoms with van der Waals surface area (Å²) in [5.74, 6) is -0.285. The van der Waals surface area contributed by atoms with Crippen molar-refractivity contribution in [2.24, 2.45) is 11.3 Å². The Balaban J connectivity index is 2.54. The summed E-state index contributed by atoms with van der Waals surface area (Å²) < 4.78 is 4.92. The van der Waals surface area contributed by atoms with Gasteiger partial charge in [-0.05, 0) is 12.3 Å². The van der Waals surface area contributed by atoms with Gasteiger partial charge in [-0.15, -0.1) is 0 Å². The highest BCUT2D eigenvalue weighted by Crippen LogP contribution is 2.34. The van der Waals surface area contributed by atoms with Crippen LogP contribution in [0.5, 0.6) is 0 Å². The molecule has 3 nitrogen and oxygen atoms in total. The van der Waals surface area contributed by atoms with Crippen molar-refractivity contribution in [3.8, 4) is 0 Å². The standard InChI is InChI=1S/C8H14O3/c1-6(2)3-8(7(9)10)4-11-5-8/h6H,3-5H2,1-2H3,(H,9,10). The van der Waals surface area contributed by atoms with Gasteiger partial charge in [0, 0.05) is 0 Å². The van der Waals surface area contributed by atoms with Crippen molar-refractivity contribution < 1.29 is 14.6 Å². The third-order valence-corrected chi connectivity index (χ3v) is 2.01. The van der Waals surface area contributed by atoms with Gasteiger partial charge in [-0.3, -0.25) is 4.79 Å². The molecule has 0 amide bonds. The van der Waals surface area contributed by atoms with Gasteiger partial charge >= 0.3 is 5.97 Å². The lowest BCUT2D eigenvalue weighted by atomic mass is 9.78. The van der Waals surface area contributed by atoms with E-state index >= 15 is 0 Å². The van der Waals surface area contributed by atoms with E-state index in [1.165, 1.54) is 0 Å². The van der Waals surface area contributed by atoms with Crippen molar-refractivity contribution in [2.45, 2.75) is 20.3 Å². The molecule has 1 saturated heterocycles. The summed E-state index contributed by atoms with van der Waals surface area (Å²) >= 11 is 0. The van der Waals surface area contributed by atoms with E-state index < -0.39 is 11.4 Å². The minimum Gasteiger partial charge on any atom is -0.481 e. The van der Waals surface area contributed by atoms with Gasteiger partial charge in [-0.25, -0.2) is 0 Å². The molecule has 0 atom stereocenters. The Morgan fingerprint density at radius 3 is 2.27 bits per heavy atom. The van der Waals surface area contributed by atoms with Crippen LogP contribution in [0.3, 0.4) is 0 Å². The Kier molecular flexibility index (Phi) is 2.18. The molecule has 0 aliphatic carbocycles. The minimum absolute atomic E-state index is 0.389. The fourth-order valence-corrected chi connectivity index (χ4v) is 1.46. The lowest BCUT2D eigenvalue weighted by Crippen LogP contribution is -2.49. The van der Waals surface area contributed by atoms with Crippen molar-refractivity contribution in [1.82, 2.24) is 0 Å². The molecule has 1 N–H and O–H groups in total. The zero-order valence-electron chi connectivity index (χ0n) is 6.96. The van der Waals surface area contributed by atoms with Crippen LogP contribution in [0.2, 0.25) is 0 Å². The summed E-state index contributed by atoms with van der Waals surface area (Å²) in [6.45, 7) is 4.84. The van der Waals surface area contributed by atoms with Crippen LogP contribution in [0.15, 0.2) is 0 Å². The molecule has 11 heavy (non-hydrogen) atoms. The number of carbonyl (C=O) groups is 1. The molecule has 0 aromatic carbocycles. The average molecular weight is 158 g/mol. The van der Waals surface area contributed by atoms with Crippen LogP contribution >= 0.6 is 0 Å². The average Bonchev–Trinajstić information content (AvgIpc) is 1.77. The Hall–Kier alpha value is -0.570. The van der Waals surface area contributed by atoms with Gasteiger partial charge in [0.15, 0.2) is 0 Å². The highest BCUT2D eigenvalue weighted by molar-refractivity contribution is 5.75. The van der Waals surface area contributed by atoms with E-state index in [1.807, 2.05) is 13.8 Å². The molecule has 1 aliphatic heterocycles. The SMILES string of the molecule is CC(C)CC1(C(=O)O)COC1. The number of hydrogen-bond donors (Lipinski definition) is 1. The van der Waals surface area contributed by atoms with Gasteiger partial charge in [0.2, 0.25) is 0 Å². The second kappa shape index (κ2) is 2.81. The quantitative estimate of drug-likeness (QED) is 0.669. The molecule has 0 radical (unpaired) electrons. The molecule has 1 rings (SSSR count). The molecule has 64 valence electrons. The predicted molar refractivity (Wildman–Crippen MR) is 40.3 cm³/mol. The van der Waals surface area contributed by atoms with E-state index in [0.29, 0.717) is 19.1 Å². The highest BCUT2D eigenvalue weighted by atomic mass is 16.5. The first-order valence-corrected chi connectivity index (χ1v) is 3.88. The second-order valence-corrected chi connectivity index (χ2v) is 3.68. The zero-order chi connectivity index (χ0) is 8.48. The van der Waals surface area contributed by atoms with Gasteiger partial charge in [-0.2, -0.15) is 0 Å². The molecule has 0 unspecified atom stereocenters. The predicted octanol–water partition coefficient (Wildman–Crippen LogP) is 1.13. The van der Waals surface area contributed by atoms with Gasteiger partial charge in [0.1, 0.15) is 5.41 Å². The second-order valence-electron chi connectivity index (χ2n) is 3.68. The van der Waals surface area contributed by atoms with E-state index in [9.17, 15) is 4.79 Å². The third-order valence-electron chi connectivity index (χ3n) is 2.01. The maximum Gasteiger partial charge on any atom is 0.314 e. The van der Waals surface area contributed by atoms with E-state index in [4.69, 9.17) is 9.84 Å². The Bertz CT molecular complexity index is 159. The monoisotopic (exact) mass is 158 g/mol. The maximum atomic E-state index is 10.8. The van der Waals surface area contributed by atoms with E-state index in [2.05, 4.69) is 0 Å². The molecule has 1 fully saturated rings. The van der Waals surface area contributed by atoms with Crippen LogP contribution in [-0.4, -0.2) is 24.3 Å². The normalized spacial score (nSPS) is 21.4. The van der Waals surface area contributed by atoms with Crippen molar-refractivity contribution >= 4 is 5.97 Å². The summed E-state index contributed by atoms with van der Waals surface area (Å²) in [5.41, 5.74) is -0.561. The van der Waals surface area contributed by atoms with Gasteiger partial charge in [-0.1, -0.05) is 13.8 Å². The first kappa shape index (κ1) is 8.53. The van der Waals surface area contributed by atoms with Crippen molar-refractivity contribution in [3.63, 3.8) is 0 Å². The number of carboxylic acid groups (broad SMARTS) is 1. The van der Waals surface area contributed by atoms with Gasteiger partial charge in [0.25, 0.3) is 0 Å². The molecule has 0 bridgehead atoms. The zero-order valence-corrected chi connectivity index (χ0v) is 6.96. The van der Waals surface area contributed by atoms with Crippen molar-refractivity contribution in [2.75, 3.05) is 13.2 Å². The van der Waals surface area contributed by atoms with Crippen LogP contribution in [0.4, 0.5) is 0 Å². The van der Waals surface area contributed by atoms with Crippen LogP contribution in [0.25, 0.3) is 0 Å². The van der Waals surface area contributed by atoms with E-state index in [-0.39, 0.29) is 0 Å². The number of rotatable bonds is 3. The summed E-state index contributed by atoms with van der Waals surface area (Å²) in [6.07, 6.45) is 0.725. The molecular weight excluding hydrogens is 144 g/mol. The fourth-order valence-electron chi connectivity index (χ4n) is 1.46. The number of ether oxygens (including phenoxy) is 1.